The van der Waals surface area contributed by atoms with Crippen LogP contribution < -0.4 is 15.0 Å². The Bertz CT molecular complexity index is 989. The van der Waals surface area contributed by atoms with E-state index in [2.05, 4.69) is 5.32 Å². The van der Waals surface area contributed by atoms with Crippen molar-refractivity contribution in [3.05, 3.63) is 58.9 Å². The fraction of sp³-hybridized carbons (Fsp3) is 0.167. The smallest absolute Gasteiger partial charge is 0.335 e. The van der Waals surface area contributed by atoms with Crippen LogP contribution >= 0.6 is 0 Å². The van der Waals surface area contributed by atoms with E-state index in [0.29, 0.717) is 11.4 Å². The second kappa shape index (κ2) is 9.20. The minimum absolute atomic E-state index is 0.0421. The molecule has 0 saturated carbocycles. The summed E-state index contributed by atoms with van der Waals surface area (Å²) >= 11 is 0. The summed E-state index contributed by atoms with van der Waals surface area (Å²) in [4.78, 5) is 35.1. The maximum Gasteiger partial charge on any atom is 0.335 e. The average molecular weight is 432 g/mol. The molecule has 7 nitrogen and oxygen atoms in total. The Hall–Kier alpha value is -3.70. The van der Waals surface area contributed by atoms with Gasteiger partial charge in [0.2, 0.25) is 11.7 Å². The molecule has 30 heavy (non-hydrogen) atoms. The highest BCUT2D eigenvalue weighted by Gasteiger charge is 2.27. The van der Waals surface area contributed by atoms with Crippen LogP contribution in [0.3, 0.4) is 0 Å². The molecular weight excluding hydrogens is 419 g/mol. The highest BCUT2D eigenvalue weighted by molar-refractivity contribution is 6.06. The number of carboxylic acids is 1. The summed E-state index contributed by atoms with van der Waals surface area (Å²) in [5.41, 5.74) is 0.368. The van der Waals surface area contributed by atoms with Crippen molar-refractivity contribution in [2.75, 3.05) is 18.6 Å². The van der Waals surface area contributed by atoms with E-state index in [0.717, 1.165) is 0 Å². The molecule has 12 heteroatoms. The summed E-state index contributed by atoms with van der Waals surface area (Å²) < 4.78 is 65.2. The fourth-order valence-corrected chi connectivity index (χ4v) is 2.37. The van der Waals surface area contributed by atoms with E-state index in [1.165, 1.54) is 30.2 Å². The van der Waals surface area contributed by atoms with E-state index in [1.807, 2.05) is 0 Å². The number of imide groups is 1. The predicted octanol–water partition coefficient (Wildman–Crippen LogP) is 3.22. The summed E-state index contributed by atoms with van der Waals surface area (Å²) in [6.07, 6.45) is 0.159. The molecule has 0 radical (unpaired) electrons. The van der Waals surface area contributed by atoms with E-state index in [-0.39, 0.29) is 30.5 Å². The number of aromatic carboxylic acids is 1. The molecule has 0 unspecified atom stereocenters. The Morgan fingerprint density at radius 1 is 1.03 bits per heavy atom. The second-order valence-corrected chi connectivity index (χ2v) is 5.73. The molecule has 1 saturated heterocycles. The Morgan fingerprint density at radius 3 is 2.13 bits per heavy atom. The summed E-state index contributed by atoms with van der Waals surface area (Å²) in [6, 6.07) is 3.56. The van der Waals surface area contributed by atoms with E-state index in [9.17, 15) is 36.3 Å². The molecule has 0 spiro atoms. The molecule has 2 N–H and O–H groups in total. The van der Waals surface area contributed by atoms with Crippen LogP contribution in [0.25, 0.3) is 0 Å². The van der Waals surface area contributed by atoms with Gasteiger partial charge in [0.05, 0.1) is 18.4 Å². The molecular formula is C18H13F5N2O5. The maximum absolute atomic E-state index is 12.0. The first kappa shape index (κ1) is 22.6. The van der Waals surface area contributed by atoms with Crippen molar-refractivity contribution in [3.63, 3.8) is 0 Å². The first-order chi connectivity index (χ1) is 14.1. The number of anilines is 1. The van der Waals surface area contributed by atoms with Crippen molar-refractivity contribution in [3.8, 4) is 5.75 Å². The number of nitrogens with one attached hydrogen (secondary N) is 1. The van der Waals surface area contributed by atoms with Gasteiger partial charge in [0, 0.05) is 19.0 Å². The number of amides is 3. The zero-order valence-corrected chi connectivity index (χ0v) is 15.1. The van der Waals surface area contributed by atoms with Gasteiger partial charge in [-0.25, -0.2) is 31.5 Å². The maximum atomic E-state index is 12.0. The highest BCUT2D eigenvalue weighted by atomic mass is 19.2. The minimum atomic E-state index is -2.14. The minimum Gasteiger partial charge on any atom is -0.495 e. The second-order valence-electron chi connectivity index (χ2n) is 5.73. The molecule has 2 aromatic rings. The number of ether oxygens (including phenoxy) is 1. The SMILES string of the molecule is COc1ccc(C(=O)O)cc1N1CCC(=O)NC1=O.Fc1cc(F)c(F)c(F)c1F. The monoisotopic (exact) mass is 432 g/mol. The van der Waals surface area contributed by atoms with Crippen molar-refractivity contribution in [1.29, 1.82) is 0 Å². The van der Waals surface area contributed by atoms with E-state index >= 15 is 0 Å². The molecule has 1 heterocycles. The molecule has 0 bridgehead atoms. The molecule has 0 atom stereocenters. The van der Waals surface area contributed by atoms with Crippen molar-refractivity contribution in [1.82, 2.24) is 5.32 Å². The lowest BCUT2D eigenvalue weighted by atomic mass is 10.1. The van der Waals surface area contributed by atoms with Crippen LogP contribution in [0.1, 0.15) is 16.8 Å². The van der Waals surface area contributed by atoms with Crippen LogP contribution in [-0.4, -0.2) is 36.7 Å². The van der Waals surface area contributed by atoms with Crippen molar-refractivity contribution in [2.45, 2.75) is 6.42 Å². The number of hydrogen-bond acceptors (Lipinski definition) is 4. The van der Waals surface area contributed by atoms with Gasteiger partial charge in [0.1, 0.15) is 5.75 Å². The largest absolute Gasteiger partial charge is 0.495 e. The normalized spacial score (nSPS) is 13.3. The lowest BCUT2D eigenvalue weighted by molar-refractivity contribution is -0.120. The Kier molecular flexibility index (Phi) is 6.93. The number of methoxy groups -OCH3 is 1. The van der Waals surface area contributed by atoms with Gasteiger partial charge in [0.15, 0.2) is 23.3 Å². The topological polar surface area (TPSA) is 95.9 Å². The number of urea groups is 1. The van der Waals surface area contributed by atoms with Crippen LogP contribution in [0, 0.1) is 29.1 Å². The third kappa shape index (κ3) is 4.82. The number of nitrogens with zero attached hydrogens (tertiary/aromatic N) is 1. The number of halogens is 5. The first-order valence-corrected chi connectivity index (χ1v) is 8.08. The standard InChI is InChI=1S/C12H12N2O5.C6HF5/c1-19-9-3-2-7(11(16)17)6-8(9)14-5-4-10(15)13-12(14)18;7-2-1-3(8)5(10)6(11)4(2)9/h2-3,6H,4-5H2,1H3,(H,16,17)(H,13,15,18);1H. The fourth-order valence-electron chi connectivity index (χ4n) is 2.37. The van der Waals surface area contributed by atoms with Crippen molar-refractivity contribution in [2.24, 2.45) is 0 Å². The van der Waals surface area contributed by atoms with Crippen molar-refractivity contribution >= 4 is 23.6 Å². The molecule has 3 rings (SSSR count). The van der Waals surface area contributed by atoms with Crippen LogP contribution in [-0.2, 0) is 4.79 Å². The summed E-state index contributed by atoms with van der Waals surface area (Å²) in [5.74, 6) is -10.7. The number of rotatable bonds is 3. The van der Waals surface area contributed by atoms with E-state index < -0.39 is 41.1 Å². The molecule has 0 aromatic heterocycles. The number of hydrogen-bond donors (Lipinski definition) is 2. The Morgan fingerprint density at radius 2 is 1.63 bits per heavy atom. The number of carboxylic acid groups (broad SMARTS) is 1. The predicted molar refractivity (Wildman–Crippen MR) is 91.7 cm³/mol. The van der Waals surface area contributed by atoms with Gasteiger partial charge >= 0.3 is 12.0 Å². The molecule has 1 fully saturated rings. The molecule has 160 valence electrons. The zero-order chi connectivity index (χ0) is 22.6. The lowest BCUT2D eigenvalue weighted by Crippen LogP contribution is -2.49. The summed E-state index contributed by atoms with van der Waals surface area (Å²) in [5, 5.41) is 11.1. The summed E-state index contributed by atoms with van der Waals surface area (Å²) in [7, 11) is 1.42. The number of carbonyl (C=O) groups is 3. The quantitative estimate of drug-likeness (QED) is 0.441. The Labute approximate surface area is 165 Å². The highest BCUT2D eigenvalue weighted by Crippen LogP contribution is 2.30. The van der Waals surface area contributed by atoms with Crippen LogP contribution in [0.2, 0.25) is 0 Å². The molecule has 1 aliphatic rings. The van der Waals surface area contributed by atoms with Gasteiger partial charge in [-0.05, 0) is 18.2 Å². The molecule has 3 amide bonds. The van der Waals surface area contributed by atoms with Gasteiger partial charge < -0.3 is 9.84 Å². The van der Waals surface area contributed by atoms with E-state index in [4.69, 9.17) is 9.84 Å². The van der Waals surface area contributed by atoms with Gasteiger partial charge in [0.25, 0.3) is 0 Å². The van der Waals surface area contributed by atoms with Gasteiger partial charge in [-0.15, -0.1) is 0 Å². The van der Waals surface area contributed by atoms with Crippen LogP contribution in [0.15, 0.2) is 24.3 Å². The Balaban J connectivity index is 0.000000248. The van der Waals surface area contributed by atoms with Crippen molar-refractivity contribution < 1.29 is 46.2 Å². The van der Waals surface area contributed by atoms with Gasteiger partial charge in [-0.1, -0.05) is 0 Å². The third-order valence-electron chi connectivity index (χ3n) is 3.83. The molecule has 2 aromatic carbocycles. The lowest BCUT2D eigenvalue weighted by Gasteiger charge is -2.27. The first-order valence-electron chi connectivity index (χ1n) is 8.08. The van der Waals surface area contributed by atoms with E-state index in [1.54, 1.807) is 0 Å². The molecule has 1 aliphatic heterocycles. The van der Waals surface area contributed by atoms with Crippen LogP contribution in [0.4, 0.5) is 32.4 Å². The average Bonchev–Trinajstić information content (AvgIpc) is 2.71. The number of carbonyl (C=O) groups excluding carboxylic acids is 2. The van der Waals surface area contributed by atoms with Gasteiger partial charge in [-0.3, -0.25) is 15.0 Å². The van der Waals surface area contributed by atoms with Crippen LogP contribution in [0.5, 0.6) is 5.75 Å². The molecule has 0 aliphatic carbocycles. The number of benzene rings is 2. The van der Waals surface area contributed by atoms with Gasteiger partial charge in [-0.2, -0.15) is 0 Å². The zero-order valence-electron chi connectivity index (χ0n) is 15.1. The third-order valence-corrected chi connectivity index (χ3v) is 3.83. The summed E-state index contributed by atoms with van der Waals surface area (Å²) in [6.45, 7) is 0.185.